The minimum atomic E-state index is -0.373. The predicted molar refractivity (Wildman–Crippen MR) is 52.2 cm³/mol. The van der Waals surface area contributed by atoms with Gasteiger partial charge in [-0.2, -0.15) is 0 Å². The second kappa shape index (κ2) is 4.64. The molecular weight excluding hydrogens is 168 g/mol. The highest BCUT2D eigenvalue weighted by Crippen LogP contribution is 2.10. The van der Waals surface area contributed by atoms with Gasteiger partial charge in [-0.05, 0) is 13.0 Å². The normalized spacial score (nSPS) is 12.2. The summed E-state index contributed by atoms with van der Waals surface area (Å²) in [5.74, 6) is 5.78. The monoisotopic (exact) mass is 182 g/mol. The lowest BCUT2D eigenvalue weighted by Crippen LogP contribution is -2.15. The van der Waals surface area contributed by atoms with Crippen LogP contribution in [0.15, 0.2) is 18.3 Å². The van der Waals surface area contributed by atoms with Crippen molar-refractivity contribution in [2.24, 2.45) is 5.84 Å². The molecular formula is C8H14N4O. The van der Waals surface area contributed by atoms with E-state index in [9.17, 15) is 0 Å². The Labute approximate surface area is 76.9 Å². The maximum atomic E-state index is 9.02. The number of hydrogen-bond acceptors (Lipinski definition) is 5. The molecule has 0 aliphatic carbocycles. The Bertz CT molecular complexity index is 264. The van der Waals surface area contributed by atoms with Gasteiger partial charge < -0.3 is 15.8 Å². The van der Waals surface area contributed by atoms with Crippen molar-refractivity contribution >= 4 is 11.5 Å². The molecule has 13 heavy (non-hydrogen) atoms. The summed E-state index contributed by atoms with van der Waals surface area (Å²) >= 11 is 0. The van der Waals surface area contributed by atoms with Crippen molar-refractivity contribution in [2.45, 2.75) is 13.0 Å². The average molecular weight is 182 g/mol. The van der Waals surface area contributed by atoms with Gasteiger partial charge in [-0.3, -0.25) is 0 Å². The zero-order valence-electron chi connectivity index (χ0n) is 7.49. The molecule has 0 radical (unpaired) electrons. The SMILES string of the molecule is CC(O)CNc1ccnc(NN)c1. The van der Waals surface area contributed by atoms with E-state index in [2.05, 4.69) is 15.7 Å². The number of anilines is 2. The Morgan fingerprint density at radius 1 is 1.69 bits per heavy atom. The first-order valence-electron chi connectivity index (χ1n) is 4.07. The Kier molecular flexibility index (Phi) is 3.48. The Hall–Kier alpha value is -1.33. The van der Waals surface area contributed by atoms with E-state index >= 15 is 0 Å². The molecule has 1 atom stereocenters. The van der Waals surface area contributed by atoms with Gasteiger partial charge in [-0.25, -0.2) is 10.8 Å². The van der Waals surface area contributed by atoms with Crippen molar-refractivity contribution in [2.75, 3.05) is 17.3 Å². The van der Waals surface area contributed by atoms with E-state index < -0.39 is 0 Å². The van der Waals surface area contributed by atoms with Crippen molar-refractivity contribution in [3.05, 3.63) is 18.3 Å². The van der Waals surface area contributed by atoms with Gasteiger partial charge in [0, 0.05) is 24.5 Å². The number of aliphatic hydroxyl groups excluding tert-OH is 1. The van der Waals surface area contributed by atoms with Crippen molar-refractivity contribution < 1.29 is 5.11 Å². The van der Waals surface area contributed by atoms with E-state index in [1.165, 1.54) is 0 Å². The molecule has 5 nitrogen and oxygen atoms in total. The van der Waals surface area contributed by atoms with E-state index in [-0.39, 0.29) is 6.10 Å². The van der Waals surface area contributed by atoms with Crippen LogP contribution in [-0.2, 0) is 0 Å². The molecule has 1 aromatic heterocycles. The van der Waals surface area contributed by atoms with Crippen LogP contribution in [0.1, 0.15) is 6.92 Å². The Morgan fingerprint density at radius 3 is 3.08 bits per heavy atom. The fourth-order valence-corrected chi connectivity index (χ4v) is 0.885. The summed E-state index contributed by atoms with van der Waals surface area (Å²) in [7, 11) is 0. The molecule has 0 saturated heterocycles. The van der Waals surface area contributed by atoms with Crippen LogP contribution in [0.25, 0.3) is 0 Å². The topological polar surface area (TPSA) is 83.2 Å². The summed E-state index contributed by atoms with van der Waals surface area (Å²) in [5, 5.41) is 12.1. The molecule has 0 aliphatic rings. The zero-order valence-corrected chi connectivity index (χ0v) is 7.49. The zero-order chi connectivity index (χ0) is 9.68. The molecule has 72 valence electrons. The van der Waals surface area contributed by atoms with Crippen LogP contribution in [0.2, 0.25) is 0 Å². The van der Waals surface area contributed by atoms with Crippen molar-refractivity contribution in [3.8, 4) is 0 Å². The summed E-state index contributed by atoms with van der Waals surface area (Å²) in [5.41, 5.74) is 3.32. The van der Waals surface area contributed by atoms with Crippen LogP contribution in [0, 0.1) is 0 Å². The van der Waals surface area contributed by atoms with Crippen LogP contribution in [-0.4, -0.2) is 22.7 Å². The molecule has 0 fully saturated rings. The lowest BCUT2D eigenvalue weighted by atomic mass is 10.3. The highest BCUT2D eigenvalue weighted by Gasteiger charge is 1.97. The van der Waals surface area contributed by atoms with E-state index in [4.69, 9.17) is 10.9 Å². The summed E-state index contributed by atoms with van der Waals surface area (Å²) in [6, 6.07) is 3.58. The summed E-state index contributed by atoms with van der Waals surface area (Å²) in [4.78, 5) is 3.95. The van der Waals surface area contributed by atoms with E-state index in [0.29, 0.717) is 12.4 Å². The number of nitrogens with two attached hydrogens (primary N) is 1. The quantitative estimate of drug-likeness (QED) is 0.394. The first-order chi connectivity index (χ1) is 6.22. The van der Waals surface area contributed by atoms with Crippen LogP contribution in [0.3, 0.4) is 0 Å². The molecule has 0 amide bonds. The fourth-order valence-electron chi connectivity index (χ4n) is 0.885. The van der Waals surface area contributed by atoms with Crippen molar-refractivity contribution in [1.29, 1.82) is 0 Å². The fraction of sp³-hybridized carbons (Fsp3) is 0.375. The third kappa shape index (κ3) is 3.27. The molecule has 1 heterocycles. The van der Waals surface area contributed by atoms with Crippen molar-refractivity contribution in [1.82, 2.24) is 4.98 Å². The van der Waals surface area contributed by atoms with Gasteiger partial charge in [0.25, 0.3) is 0 Å². The number of nitrogens with zero attached hydrogens (tertiary/aromatic N) is 1. The Morgan fingerprint density at radius 2 is 2.46 bits per heavy atom. The molecule has 0 bridgehead atoms. The molecule has 0 aromatic carbocycles. The number of rotatable bonds is 4. The van der Waals surface area contributed by atoms with Gasteiger partial charge >= 0.3 is 0 Å². The van der Waals surface area contributed by atoms with Gasteiger partial charge in [-0.1, -0.05) is 0 Å². The molecule has 1 unspecified atom stereocenters. The highest BCUT2D eigenvalue weighted by atomic mass is 16.3. The third-order valence-electron chi connectivity index (χ3n) is 1.51. The summed E-state index contributed by atoms with van der Waals surface area (Å²) < 4.78 is 0. The second-order valence-corrected chi connectivity index (χ2v) is 2.80. The molecule has 5 N–H and O–H groups in total. The standard InChI is InChI=1S/C8H14N4O/c1-6(13)5-11-7-2-3-10-8(4-7)12-9/h2-4,6,13H,5,9H2,1H3,(H2,10,11,12). The van der Waals surface area contributed by atoms with Gasteiger partial charge in [-0.15, -0.1) is 0 Å². The number of aromatic nitrogens is 1. The molecule has 0 saturated carbocycles. The molecule has 5 heteroatoms. The summed E-state index contributed by atoms with van der Waals surface area (Å²) in [6.07, 6.45) is 1.27. The molecule has 1 rings (SSSR count). The molecule has 0 aliphatic heterocycles. The number of nitrogens with one attached hydrogen (secondary N) is 2. The van der Waals surface area contributed by atoms with E-state index in [1.54, 1.807) is 19.2 Å². The minimum Gasteiger partial charge on any atom is -0.392 e. The number of nitrogen functional groups attached to an aromatic ring is 1. The third-order valence-corrected chi connectivity index (χ3v) is 1.51. The van der Waals surface area contributed by atoms with E-state index in [1.807, 2.05) is 6.07 Å². The predicted octanol–water partition coefficient (Wildman–Crippen LogP) is 0.160. The van der Waals surface area contributed by atoms with Gasteiger partial charge in [0.2, 0.25) is 0 Å². The lowest BCUT2D eigenvalue weighted by Gasteiger charge is -2.08. The Balaban J connectivity index is 2.56. The smallest absolute Gasteiger partial charge is 0.141 e. The number of hydrazine groups is 1. The molecule has 1 aromatic rings. The average Bonchev–Trinajstić information content (AvgIpc) is 2.15. The van der Waals surface area contributed by atoms with Gasteiger partial charge in [0.15, 0.2) is 0 Å². The second-order valence-electron chi connectivity index (χ2n) is 2.80. The lowest BCUT2D eigenvalue weighted by molar-refractivity contribution is 0.208. The number of pyridine rings is 1. The van der Waals surface area contributed by atoms with Gasteiger partial charge in [0.05, 0.1) is 6.10 Å². The molecule has 0 spiro atoms. The van der Waals surface area contributed by atoms with Crippen LogP contribution < -0.4 is 16.6 Å². The largest absolute Gasteiger partial charge is 0.392 e. The maximum absolute atomic E-state index is 9.02. The first-order valence-corrected chi connectivity index (χ1v) is 4.07. The van der Waals surface area contributed by atoms with Crippen LogP contribution >= 0.6 is 0 Å². The number of hydrogen-bond donors (Lipinski definition) is 4. The van der Waals surface area contributed by atoms with Gasteiger partial charge in [0.1, 0.15) is 5.82 Å². The van der Waals surface area contributed by atoms with Crippen LogP contribution in [0.4, 0.5) is 11.5 Å². The number of aliphatic hydroxyl groups is 1. The summed E-state index contributed by atoms with van der Waals surface area (Å²) in [6.45, 7) is 2.23. The minimum absolute atomic E-state index is 0.373. The van der Waals surface area contributed by atoms with E-state index in [0.717, 1.165) is 5.69 Å². The van der Waals surface area contributed by atoms with Crippen LogP contribution in [0.5, 0.6) is 0 Å². The van der Waals surface area contributed by atoms with Crippen molar-refractivity contribution in [3.63, 3.8) is 0 Å². The first kappa shape index (κ1) is 9.76. The highest BCUT2D eigenvalue weighted by molar-refractivity contribution is 5.51. The maximum Gasteiger partial charge on any atom is 0.141 e.